The molecule has 0 aliphatic heterocycles. The van der Waals surface area contributed by atoms with Crippen LogP contribution < -0.4 is 5.32 Å². The third kappa shape index (κ3) is 6.25. The zero-order valence-corrected chi connectivity index (χ0v) is 6.17. The van der Waals surface area contributed by atoms with Crippen LogP contribution in [0.3, 0.4) is 0 Å². The molecule has 2 heteroatoms. The molecule has 0 aliphatic carbocycles. The van der Waals surface area contributed by atoms with Gasteiger partial charge in [-0.25, -0.2) is 0 Å². The zero-order chi connectivity index (χ0) is 6.24. The van der Waals surface area contributed by atoms with Crippen LogP contribution in [0, 0.1) is 0 Å². The molecular weight excluding hydrogens is 122 g/mol. The highest BCUT2D eigenvalue weighted by Gasteiger charge is 1.82. The molecular formula is C6H14ClN. The largest absolute Gasteiger partial charge is 0.317 e. The van der Waals surface area contributed by atoms with E-state index in [4.69, 9.17) is 11.6 Å². The molecule has 0 heterocycles. The first kappa shape index (κ1) is 8.25. The number of alkyl halides is 1. The molecule has 0 aromatic carbocycles. The molecule has 0 fully saturated rings. The number of nitrogens with one attached hydrogen (secondary N) is 1. The number of hydrogen-bond acceptors (Lipinski definition) is 1. The molecule has 0 spiro atoms. The summed E-state index contributed by atoms with van der Waals surface area (Å²) < 4.78 is 0. The first-order chi connectivity index (χ1) is 3.91. The first-order valence-corrected chi connectivity index (χ1v) is 3.72. The van der Waals surface area contributed by atoms with E-state index in [1.54, 1.807) is 0 Å². The van der Waals surface area contributed by atoms with Crippen molar-refractivity contribution in [3.8, 4) is 0 Å². The molecule has 0 bridgehead atoms. The lowest BCUT2D eigenvalue weighted by Gasteiger charge is -1.96. The zero-order valence-electron chi connectivity index (χ0n) is 5.41. The van der Waals surface area contributed by atoms with E-state index < -0.39 is 0 Å². The monoisotopic (exact) mass is 135 g/mol. The van der Waals surface area contributed by atoms with E-state index in [1.165, 1.54) is 6.42 Å². The van der Waals surface area contributed by atoms with Crippen LogP contribution in [0.15, 0.2) is 0 Å². The highest BCUT2D eigenvalue weighted by molar-refractivity contribution is 6.17. The van der Waals surface area contributed by atoms with Crippen LogP contribution in [-0.4, -0.2) is 19.0 Å². The summed E-state index contributed by atoms with van der Waals surface area (Å²) in [6.45, 7) is 4.30. The van der Waals surface area contributed by atoms with Crippen LogP contribution in [0.25, 0.3) is 0 Å². The molecule has 1 N–H and O–H groups in total. The lowest BCUT2D eigenvalue weighted by atomic mass is 10.3. The molecule has 0 aromatic rings. The maximum atomic E-state index is 5.45. The van der Waals surface area contributed by atoms with E-state index in [0.717, 1.165) is 25.4 Å². The quantitative estimate of drug-likeness (QED) is 0.446. The molecule has 0 rings (SSSR count). The predicted molar refractivity (Wildman–Crippen MR) is 38.5 cm³/mol. The van der Waals surface area contributed by atoms with Gasteiger partial charge in [-0.1, -0.05) is 6.92 Å². The van der Waals surface area contributed by atoms with Gasteiger partial charge in [-0.05, 0) is 25.9 Å². The Morgan fingerprint density at radius 1 is 1.38 bits per heavy atom. The van der Waals surface area contributed by atoms with E-state index in [0.29, 0.717) is 0 Å². The second kappa shape index (κ2) is 7.25. The van der Waals surface area contributed by atoms with Crippen molar-refractivity contribution in [3.63, 3.8) is 0 Å². The lowest BCUT2D eigenvalue weighted by molar-refractivity contribution is 0.665. The van der Waals surface area contributed by atoms with Crippen molar-refractivity contribution in [1.29, 1.82) is 0 Å². The van der Waals surface area contributed by atoms with E-state index in [9.17, 15) is 0 Å². The molecule has 50 valence electrons. The Bertz CT molecular complexity index is 33.5. The molecule has 8 heavy (non-hydrogen) atoms. The van der Waals surface area contributed by atoms with Crippen LogP contribution in [0.1, 0.15) is 19.8 Å². The normalized spacial score (nSPS) is 9.75. The van der Waals surface area contributed by atoms with Crippen molar-refractivity contribution in [3.05, 3.63) is 0 Å². The van der Waals surface area contributed by atoms with Gasteiger partial charge < -0.3 is 5.32 Å². The topological polar surface area (TPSA) is 12.0 Å². The van der Waals surface area contributed by atoms with Crippen molar-refractivity contribution >= 4 is 11.6 Å². The van der Waals surface area contributed by atoms with Gasteiger partial charge >= 0.3 is 0 Å². The van der Waals surface area contributed by atoms with Gasteiger partial charge in [0.1, 0.15) is 0 Å². The fourth-order valence-corrected chi connectivity index (χ4v) is 0.710. The molecule has 0 saturated heterocycles. The first-order valence-electron chi connectivity index (χ1n) is 3.18. The molecule has 0 radical (unpaired) electrons. The minimum absolute atomic E-state index is 0.797. The summed E-state index contributed by atoms with van der Waals surface area (Å²) in [6.07, 6.45) is 2.34. The molecule has 1 nitrogen and oxygen atoms in total. The predicted octanol–water partition coefficient (Wildman–Crippen LogP) is 1.61. The molecule has 0 saturated carbocycles. The van der Waals surface area contributed by atoms with Gasteiger partial charge in [-0.3, -0.25) is 0 Å². The number of rotatable bonds is 5. The Hall–Kier alpha value is 0.250. The summed E-state index contributed by atoms with van der Waals surface area (Å²) in [7, 11) is 0. The molecule has 0 aromatic heterocycles. The maximum Gasteiger partial charge on any atom is 0.0223 e. The fourth-order valence-electron chi connectivity index (χ4n) is 0.521. The number of unbranched alkanes of at least 4 members (excludes halogenated alkanes) is 1. The van der Waals surface area contributed by atoms with Crippen LogP contribution in [0.2, 0.25) is 0 Å². The third-order valence-electron chi connectivity index (χ3n) is 0.987. The SMILES string of the molecule is CCNCCCCCl. The average Bonchev–Trinajstić information content (AvgIpc) is 1.81. The van der Waals surface area contributed by atoms with Gasteiger partial charge in [0, 0.05) is 5.88 Å². The van der Waals surface area contributed by atoms with Gasteiger partial charge in [-0.2, -0.15) is 0 Å². The van der Waals surface area contributed by atoms with Crippen LogP contribution in [0.4, 0.5) is 0 Å². The highest BCUT2D eigenvalue weighted by Crippen LogP contribution is 1.88. The van der Waals surface area contributed by atoms with E-state index in [1.807, 2.05) is 0 Å². The smallest absolute Gasteiger partial charge is 0.0223 e. The molecule has 0 amide bonds. The van der Waals surface area contributed by atoms with Crippen LogP contribution >= 0.6 is 11.6 Å². The molecule has 0 aliphatic rings. The lowest BCUT2D eigenvalue weighted by Crippen LogP contribution is -2.13. The van der Waals surface area contributed by atoms with Gasteiger partial charge in [0.2, 0.25) is 0 Å². The standard InChI is InChI=1S/C6H14ClN/c1-2-8-6-4-3-5-7/h8H,2-6H2,1H3. The van der Waals surface area contributed by atoms with Crippen LogP contribution in [0.5, 0.6) is 0 Å². The number of hydrogen-bond donors (Lipinski definition) is 1. The Morgan fingerprint density at radius 3 is 2.62 bits per heavy atom. The van der Waals surface area contributed by atoms with Crippen molar-refractivity contribution in [2.24, 2.45) is 0 Å². The Morgan fingerprint density at radius 2 is 2.12 bits per heavy atom. The Balaban J connectivity index is 2.53. The summed E-state index contributed by atoms with van der Waals surface area (Å²) in [5.41, 5.74) is 0. The van der Waals surface area contributed by atoms with E-state index >= 15 is 0 Å². The van der Waals surface area contributed by atoms with Crippen LogP contribution in [-0.2, 0) is 0 Å². The third-order valence-corrected chi connectivity index (χ3v) is 1.25. The number of halogens is 1. The Labute approximate surface area is 56.4 Å². The van der Waals surface area contributed by atoms with Gasteiger partial charge in [-0.15, -0.1) is 11.6 Å². The summed E-state index contributed by atoms with van der Waals surface area (Å²) in [4.78, 5) is 0. The van der Waals surface area contributed by atoms with Crippen molar-refractivity contribution in [2.75, 3.05) is 19.0 Å². The molecule has 0 atom stereocenters. The highest BCUT2D eigenvalue weighted by atomic mass is 35.5. The average molecular weight is 136 g/mol. The van der Waals surface area contributed by atoms with Gasteiger partial charge in [0.25, 0.3) is 0 Å². The minimum atomic E-state index is 0.797. The summed E-state index contributed by atoms with van der Waals surface area (Å²) >= 11 is 5.45. The fraction of sp³-hybridized carbons (Fsp3) is 1.00. The van der Waals surface area contributed by atoms with Crippen molar-refractivity contribution < 1.29 is 0 Å². The Kier molecular flexibility index (Phi) is 7.48. The minimum Gasteiger partial charge on any atom is -0.317 e. The second-order valence-electron chi connectivity index (χ2n) is 1.75. The van der Waals surface area contributed by atoms with Crippen molar-refractivity contribution in [2.45, 2.75) is 19.8 Å². The van der Waals surface area contributed by atoms with Gasteiger partial charge in [0.05, 0.1) is 0 Å². The summed E-state index contributed by atoms with van der Waals surface area (Å²) in [5, 5.41) is 3.22. The van der Waals surface area contributed by atoms with E-state index in [2.05, 4.69) is 12.2 Å². The second-order valence-corrected chi connectivity index (χ2v) is 2.13. The van der Waals surface area contributed by atoms with Gasteiger partial charge in [0.15, 0.2) is 0 Å². The van der Waals surface area contributed by atoms with Crippen molar-refractivity contribution in [1.82, 2.24) is 5.32 Å². The maximum absolute atomic E-state index is 5.45. The molecule has 0 unspecified atom stereocenters. The summed E-state index contributed by atoms with van der Waals surface area (Å²) in [5.74, 6) is 0.797. The van der Waals surface area contributed by atoms with E-state index in [-0.39, 0.29) is 0 Å². The summed E-state index contributed by atoms with van der Waals surface area (Å²) in [6, 6.07) is 0.